The van der Waals surface area contributed by atoms with Gasteiger partial charge in [0.05, 0.1) is 17.8 Å². The Morgan fingerprint density at radius 1 is 1.39 bits per heavy atom. The number of unbranched alkanes of at least 4 members (excludes halogenated alkanes) is 1. The Morgan fingerprint density at radius 3 is 2.83 bits per heavy atom. The van der Waals surface area contributed by atoms with Gasteiger partial charge in [0.1, 0.15) is 0 Å². The van der Waals surface area contributed by atoms with Crippen LogP contribution in [0.4, 0.5) is 0 Å². The van der Waals surface area contributed by atoms with E-state index in [9.17, 15) is 4.79 Å². The summed E-state index contributed by atoms with van der Waals surface area (Å²) in [6.45, 7) is 9.25. The van der Waals surface area contributed by atoms with Gasteiger partial charge in [-0.1, -0.05) is 45.7 Å². The Hall–Kier alpha value is -1.39. The zero-order chi connectivity index (χ0) is 16.8. The van der Waals surface area contributed by atoms with Gasteiger partial charge in [0, 0.05) is 19.6 Å². The van der Waals surface area contributed by atoms with Crippen LogP contribution in [-0.4, -0.2) is 41.3 Å². The van der Waals surface area contributed by atoms with E-state index in [0.29, 0.717) is 17.6 Å². The molecule has 1 aliphatic heterocycles. The van der Waals surface area contributed by atoms with Crippen LogP contribution in [0.1, 0.15) is 56.0 Å². The SMILES string of the molecule is CCCC[C@@H]1CN(Cc2cccc(C(=O)O)c2)C[C@H](C(C)C)O1. The molecule has 1 aliphatic rings. The van der Waals surface area contributed by atoms with Crippen LogP contribution in [0.15, 0.2) is 24.3 Å². The summed E-state index contributed by atoms with van der Waals surface area (Å²) in [6.07, 6.45) is 4.03. The summed E-state index contributed by atoms with van der Waals surface area (Å²) >= 11 is 0. The Morgan fingerprint density at radius 2 is 2.17 bits per heavy atom. The smallest absolute Gasteiger partial charge is 0.335 e. The van der Waals surface area contributed by atoms with Crippen molar-refractivity contribution in [2.75, 3.05) is 13.1 Å². The third-order valence-electron chi connectivity index (χ3n) is 4.47. The number of hydrogen-bond donors (Lipinski definition) is 1. The molecular weight excluding hydrogens is 290 g/mol. The summed E-state index contributed by atoms with van der Waals surface area (Å²) in [4.78, 5) is 13.5. The molecule has 1 aromatic carbocycles. The maximum absolute atomic E-state index is 11.1. The lowest BCUT2D eigenvalue weighted by molar-refractivity contribution is -0.108. The lowest BCUT2D eigenvalue weighted by atomic mass is 10.0. The maximum atomic E-state index is 11.1. The fourth-order valence-corrected chi connectivity index (χ4v) is 3.10. The van der Waals surface area contributed by atoms with Crippen LogP contribution in [0.25, 0.3) is 0 Å². The van der Waals surface area contributed by atoms with E-state index in [4.69, 9.17) is 9.84 Å². The number of carboxylic acid groups (broad SMARTS) is 1. The summed E-state index contributed by atoms with van der Waals surface area (Å²) in [7, 11) is 0. The first kappa shape index (κ1) is 18.0. The molecule has 2 rings (SSSR count). The van der Waals surface area contributed by atoms with Crippen LogP contribution in [0, 0.1) is 5.92 Å². The average Bonchev–Trinajstić information content (AvgIpc) is 2.53. The van der Waals surface area contributed by atoms with Crippen molar-refractivity contribution in [3.8, 4) is 0 Å². The van der Waals surface area contributed by atoms with Crippen LogP contribution >= 0.6 is 0 Å². The van der Waals surface area contributed by atoms with E-state index in [0.717, 1.165) is 31.6 Å². The molecule has 0 spiro atoms. The molecule has 4 nitrogen and oxygen atoms in total. The van der Waals surface area contributed by atoms with Crippen molar-refractivity contribution in [1.82, 2.24) is 4.90 Å². The topological polar surface area (TPSA) is 49.8 Å². The molecule has 2 atom stereocenters. The summed E-state index contributed by atoms with van der Waals surface area (Å²) in [5, 5.41) is 9.14. The second-order valence-electron chi connectivity index (χ2n) is 6.88. The minimum absolute atomic E-state index is 0.258. The molecule has 0 bridgehead atoms. The van der Waals surface area contributed by atoms with E-state index < -0.39 is 5.97 Å². The van der Waals surface area contributed by atoms with Crippen LogP contribution in [-0.2, 0) is 11.3 Å². The molecule has 1 heterocycles. The van der Waals surface area contributed by atoms with Gasteiger partial charge < -0.3 is 9.84 Å². The van der Waals surface area contributed by atoms with Gasteiger partial charge in [-0.05, 0) is 30.0 Å². The van der Waals surface area contributed by atoms with Crippen molar-refractivity contribution in [1.29, 1.82) is 0 Å². The van der Waals surface area contributed by atoms with Crippen LogP contribution < -0.4 is 0 Å². The van der Waals surface area contributed by atoms with Gasteiger partial charge in [0.15, 0.2) is 0 Å². The van der Waals surface area contributed by atoms with Crippen LogP contribution in [0.3, 0.4) is 0 Å². The average molecular weight is 319 g/mol. The van der Waals surface area contributed by atoms with Crippen molar-refractivity contribution in [2.24, 2.45) is 5.92 Å². The standard InChI is InChI=1S/C19H29NO3/c1-4-5-9-17-12-20(13-18(23-17)14(2)3)11-15-7-6-8-16(10-15)19(21)22/h6-8,10,14,17-18H,4-5,9,11-13H2,1-3H3,(H,21,22)/t17-,18-/m1/s1. The van der Waals surface area contributed by atoms with Gasteiger partial charge in [0.25, 0.3) is 0 Å². The molecule has 0 aliphatic carbocycles. The van der Waals surface area contributed by atoms with E-state index >= 15 is 0 Å². The van der Waals surface area contributed by atoms with Gasteiger partial charge >= 0.3 is 5.97 Å². The Balaban J connectivity index is 2.04. The summed E-state index contributed by atoms with van der Waals surface area (Å²) in [5.74, 6) is -0.373. The summed E-state index contributed by atoms with van der Waals surface area (Å²) in [5.41, 5.74) is 1.42. The van der Waals surface area contributed by atoms with E-state index in [1.807, 2.05) is 12.1 Å². The lowest BCUT2D eigenvalue weighted by Crippen LogP contribution is -2.49. The molecule has 0 aromatic heterocycles. The number of benzene rings is 1. The number of rotatable bonds is 7. The molecule has 4 heteroatoms. The first-order valence-corrected chi connectivity index (χ1v) is 8.69. The second-order valence-corrected chi connectivity index (χ2v) is 6.88. The second kappa shape index (κ2) is 8.46. The van der Waals surface area contributed by atoms with Gasteiger partial charge in [0.2, 0.25) is 0 Å². The fraction of sp³-hybridized carbons (Fsp3) is 0.632. The Kier molecular flexibility index (Phi) is 6.60. The number of carbonyl (C=O) groups is 1. The van der Waals surface area contributed by atoms with E-state index in [1.54, 1.807) is 12.1 Å². The number of aromatic carboxylic acids is 1. The molecule has 1 aromatic rings. The Labute approximate surface area is 139 Å². The highest BCUT2D eigenvalue weighted by molar-refractivity contribution is 5.87. The van der Waals surface area contributed by atoms with E-state index in [1.165, 1.54) is 12.8 Å². The molecular formula is C19H29NO3. The quantitative estimate of drug-likeness (QED) is 0.830. The summed E-state index contributed by atoms with van der Waals surface area (Å²) in [6, 6.07) is 7.26. The van der Waals surface area contributed by atoms with Crippen molar-refractivity contribution in [3.05, 3.63) is 35.4 Å². The third-order valence-corrected chi connectivity index (χ3v) is 4.47. The van der Waals surface area contributed by atoms with Crippen molar-refractivity contribution >= 4 is 5.97 Å². The predicted octanol–water partition coefficient (Wildman–Crippen LogP) is 3.80. The van der Waals surface area contributed by atoms with E-state index in [2.05, 4.69) is 25.7 Å². The van der Waals surface area contributed by atoms with Gasteiger partial charge in [-0.25, -0.2) is 4.79 Å². The number of carboxylic acids is 1. The predicted molar refractivity (Wildman–Crippen MR) is 91.7 cm³/mol. The summed E-state index contributed by atoms with van der Waals surface area (Å²) < 4.78 is 6.24. The maximum Gasteiger partial charge on any atom is 0.335 e. The number of hydrogen-bond acceptors (Lipinski definition) is 3. The molecule has 0 amide bonds. The van der Waals surface area contributed by atoms with Gasteiger partial charge in [-0.3, -0.25) is 4.90 Å². The first-order chi connectivity index (χ1) is 11.0. The molecule has 1 N–H and O–H groups in total. The zero-order valence-electron chi connectivity index (χ0n) is 14.5. The van der Waals surface area contributed by atoms with Gasteiger partial charge in [-0.2, -0.15) is 0 Å². The molecule has 1 fully saturated rings. The number of ether oxygens (including phenoxy) is 1. The molecule has 0 unspecified atom stereocenters. The van der Waals surface area contributed by atoms with Crippen molar-refractivity contribution < 1.29 is 14.6 Å². The minimum atomic E-state index is -0.866. The Bertz CT molecular complexity index is 515. The monoisotopic (exact) mass is 319 g/mol. The largest absolute Gasteiger partial charge is 0.478 e. The highest BCUT2D eigenvalue weighted by atomic mass is 16.5. The lowest BCUT2D eigenvalue weighted by Gasteiger charge is -2.40. The third kappa shape index (κ3) is 5.33. The normalized spacial score (nSPS) is 22.4. The van der Waals surface area contributed by atoms with Crippen molar-refractivity contribution in [2.45, 2.75) is 58.8 Å². The van der Waals surface area contributed by atoms with Crippen LogP contribution in [0.5, 0.6) is 0 Å². The molecule has 128 valence electrons. The first-order valence-electron chi connectivity index (χ1n) is 8.69. The number of morpholine rings is 1. The van der Waals surface area contributed by atoms with Crippen LogP contribution in [0.2, 0.25) is 0 Å². The minimum Gasteiger partial charge on any atom is -0.478 e. The van der Waals surface area contributed by atoms with Gasteiger partial charge in [-0.15, -0.1) is 0 Å². The highest BCUT2D eigenvalue weighted by Crippen LogP contribution is 2.22. The van der Waals surface area contributed by atoms with E-state index in [-0.39, 0.29) is 6.10 Å². The highest BCUT2D eigenvalue weighted by Gasteiger charge is 2.29. The molecule has 1 saturated heterocycles. The number of nitrogens with zero attached hydrogens (tertiary/aromatic N) is 1. The molecule has 0 radical (unpaired) electrons. The fourth-order valence-electron chi connectivity index (χ4n) is 3.10. The zero-order valence-corrected chi connectivity index (χ0v) is 14.5. The molecule has 23 heavy (non-hydrogen) atoms. The van der Waals surface area contributed by atoms with Crippen molar-refractivity contribution in [3.63, 3.8) is 0 Å². The molecule has 0 saturated carbocycles.